The fraction of sp³-hybridized carbons (Fsp3) is 0. The first-order valence-electron chi connectivity index (χ1n) is 19.4. The van der Waals surface area contributed by atoms with Gasteiger partial charge in [0, 0.05) is 43.9 Å². The molecule has 0 fully saturated rings. The third-order valence-corrected chi connectivity index (χ3v) is 16.6. The second-order valence-electron chi connectivity index (χ2n) is 14.9. The predicted octanol–water partition coefficient (Wildman–Crippen LogP) is 10.2. The molecule has 0 saturated heterocycles. The molecule has 4 heterocycles. The van der Waals surface area contributed by atoms with Crippen molar-refractivity contribution in [2.24, 2.45) is 0 Å². The summed E-state index contributed by atoms with van der Waals surface area (Å²) in [6.45, 7) is 0. The van der Waals surface area contributed by atoms with Gasteiger partial charge in [0.2, 0.25) is 8.07 Å². The van der Waals surface area contributed by atoms with Crippen LogP contribution in [0.4, 0.5) is 0 Å². The monoisotopic (exact) mass is 743 g/mol. The number of hydrogen-bond donors (Lipinski definition) is 0. The zero-order chi connectivity index (χ0) is 37.5. The summed E-state index contributed by atoms with van der Waals surface area (Å²) >= 11 is 0. The highest BCUT2D eigenvalue weighted by atomic mass is 28.3. The summed E-state index contributed by atoms with van der Waals surface area (Å²) in [7, 11) is -2.87. The number of furan rings is 1. The van der Waals surface area contributed by atoms with Crippen molar-refractivity contribution in [1.29, 1.82) is 0 Å². The van der Waals surface area contributed by atoms with E-state index in [4.69, 9.17) is 14.4 Å². The van der Waals surface area contributed by atoms with E-state index in [1.807, 2.05) is 12.1 Å². The van der Waals surface area contributed by atoms with E-state index in [0.29, 0.717) is 0 Å². The molecule has 0 unspecified atom stereocenters. The molecule has 4 nitrogen and oxygen atoms in total. The van der Waals surface area contributed by atoms with Crippen molar-refractivity contribution >= 4 is 72.7 Å². The molecule has 5 heteroatoms. The highest BCUT2D eigenvalue weighted by molar-refractivity contribution is 7.21. The molecule has 1 aliphatic rings. The highest BCUT2D eigenvalue weighted by Gasteiger charge is 2.51. The Hall–Kier alpha value is -7.34. The van der Waals surface area contributed by atoms with Crippen LogP contribution in [0.2, 0.25) is 0 Å². The van der Waals surface area contributed by atoms with Crippen LogP contribution in [0.3, 0.4) is 0 Å². The van der Waals surface area contributed by atoms with Gasteiger partial charge >= 0.3 is 0 Å². The lowest BCUT2D eigenvalue weighted by atomic mass is 10.0. The molecular weight excluding hydrogens is 711 g/mol. The van der Waals surface area contributed by atoms with Gasteiger partial charge in [-0.3, -0.25) is 0 Å². The summed E-state index contributed by atoms with van der Waals surface area (Å²) in [4.78, 5) is 11.2. The van der Waals surface area contributed by atoms with Gasteiger partial charge in [0.15, 0.2) is 5.82 Å². The van der Waals surface area contributed by atoms with Crippen LogP contribution in [0.1, 0.15) is 0 Å². The number of aromatic nitrogens is 3. The summed E-state index contributed by atoms with van der Waals surface area (Å²) in [5.41, 5.74) is 10.5. The largest absolute Gasteiger partial charge is 0.456 e. The van der Waals surface area contributed by atoms with Crippen LogP contribution in [0.15, 0.2) is 205 Å². The molecule has 1 aliphatic heterocycles. The number of rotatable bonds is 5. The van der Waals surface area contributed by atoms with Crippen LogP contribution in [0.25, 0.3) is 83.2 Å². The third kappa shape index (κ3) is 4.61. The molecule has 266 valence electrons. The van der Waals surface area contributed by atoms with E-state index in [0.717, 1.165) is 72.2 Å². The molecule has 0 amide bonds. The van der Waals surface area contributed by atoms with Gasteiger partial charge in [0.25, 0.3) is 0 Å². The number of para-hydroxylation sites is 2. The molecule has 0 N–H and O–H groups in total. The Morgan fingerprint density at radius 1 is 0.439 bits per heavy atom. The van der Waals surface area contributed by atoms with Gasteiger partial charge in [0.05, 0.1) is 22.0 Å². The number of fused-ring (bicyclic) bond motifs is 9. The summed E-state index contributed by atoms with van der Waals surface area (Å²) < 4.78 is 8.70. The maximum Gasteiger partial charge on any atom is 0.203 e. The molecule has 8 aromatic carbocycles. The zero-order valence-corrected chi connectivity index (χ0v) is 31.8. The SMILES string of the molecule is c1ccc(-c2nc(-c3ccc(-n4c5ccccc5c5cc6oc7ccccc7c6cc54)cc3)nc3c2-c2ccccc2[Si]3(c2ccccc2)c2ccccc2)cc1. The highest BCUT2D eigenvalue weighted by Crippen LogP contribution is 2.40. The topological polar surface area (TPSA) is 43.9 Å². The van der Waals surface area contributed by atoms with E-state index in [9.17, 15) is 0 Å². The number of hydrogen-bond acceptors (Lipinski definition) is 3. The van der Waals surface area contributed by atoms with E-state index < -0.39 is 8.07 Å². The minimum absolute atomic E-state index is 0.726. The predicted molar refractivity (Wildman–Crippen MR) is 237 cm³/mol. The maximum atomic E-state index is 6.33. The molecule has 0 aliphatic carbocycles. The zero-order valence-electron chi connectivity index (χ0n) is 30.8. The van der Waals surface area contributed by atoms with Gasteiger partial charge in [0.1, 0.15) is 11.2 Å². The molecule has 0 saturated carbocycles. The molecule has 0 radical (unpaired) electrons. The van der Waals surface area contributed by atoms with Crippen LogP contribution >= 0.6 is 0 Å². The van der Waals surface area contributed by atoms with Crippen molar-refractivity contribution in [3.8, 4) is 39.5 Å². The first kappa shape index (κ1) is 32.0. The molecule has 57 heavy (non-hydrogen) atoms. The van der Waals surface area contributed by atoms with Crippen molar-refractivity contribution in [3.05, 3.63) is 200 Å². The summed E-state index contributed by atoms with van der Waals surface area (Å²) in [5, 5.41) is 9.70. The Labute approximate surface area is 330 Å². The van der Waals surface area contributed by atoms with E-state index in [-0.39, 0.29) is 0 Å². The Morgan fingerprint density at radius 3 is 1.82 bits per heavy atom. The lowest BCUT2D eigenvalue weighted by Gasteiger charge is -2.30. The molecule has 11 aromatic rings. The summed E-state index contributed by atoms with van der Waals surface area (Å²) in [5.74, 6) is 0.726. The molecule has 0 bridgehead atoms. The minimum Gasteiger partial charge on any atom is -0.456 e. The smallest absolute Gasteiger partial charge is 0.203 e. The Morgan fingerprint density at radius 2 is 1.07 bits per heavy atom. The molecular formula is C52H33N3OSi. The van der Waals surface area contributed by atoms with Crippen molar-refractivity contribution < 1.29 is 4.42 Å². The minimum atomic E-state index is -2.87. The van der Waals surface area contributed by atoms with Crippen LogP contribution in [-0.2, 0) is 0 Å². The normalized spacial score (nSPS) is 13.1. The molecule has 12 rings (SSSR count). The average Bonchev–Trinajstić information content (AvgIpc) is 3.92. The van der Waals surface area contributed by atoms with Crippen LogP contribution in [0.5, 0.6) is 0 Å². The quantitative estimate of drug-likeness (QED) is 0.165. The lowest BCUT2D eigenvalue weighted by Crippen LogP contribution is -2.73. The standard InChI is InChI=1S/C52H33N3OSi/c1-4-16-34(17-5-1)50-49-41-24-12-15-27-48(41)57(37-18-6-2-7-19-37,38-20-8-3-9-21-38)52(49)54-51(53-50)35-28-30-36(31-29-35)55-44-25-13-10-22-39(44)42-33-47-43(32-45(42)55)40-23-11-14-26-46(40)56-47/h1-33H. The second-order valence-corrected chi connectivity index (χ2v) is 18.5. The maximum absolute atomic E-state index is 6.33. The fourth-order valence-electron chi connectivity index (χ4n) is 9.43. The fourth-order valence-corrected chi connectivity index (χ4v) is 14.4. The van der Waals surface area contributed by atoms with E-state index in [1.165, 1.54) is 31.9 Å². The first-order valence-corrected chi connectivity index (χ1v) is 21.4. The van der Waals surface area contributed by atoms with Gasteiger partial charge in [-0.05, 0) is 69.7 Å². The van der Waals surface area contributed by atoms with Crippen LogP contribution in [0, 0.1) is 0 Å². The number of benzene rings is 8. The van der Waals surface area contributed by atoms with Crippen molar-refractivity contribution in [3.63, 3.8) is 0 Å². The van der Waals surface area contributed by atoms with Gasteiger partial charge in [-0.2, -0.15) is 0 Å². The van der Waals surface area contributed by atoms with Crippen LogP contribution < -0.4 is 20.9 Å². The van der Waals surface area contributed by atoms with Crippen molar-refractivity contribution in [2.45, 2.75) is 0 Å². The summed E-state index contributed by atoms with van der Waals surface area (Å²) in [6.07, 6.45) is 0. The van der Waals surface area contributed by atoms with Gasteiger partial charge in [-0.25, -0.2) is 9.97 Å². The molecule has 3 aromatic heterocycles. The average molecular weight is 744 g/mol. The summed E-state index contributed by atoms with van der Waals surface area (Å²) in [6, 6.07) is 71.9. The van der Waals surface area contributed by atoms with Gasteiger partial charge in [-0.1, -0.05) is 152 Å². The van der Waals surface area contributed by atoms with Crippen LogP contribution in [-0.4, -0.2) is 22.6 Å². The van der Waals surface area contributed by atoms with Crippen molar-refractivity contribution in [2.75, 3.05) is 0 Å². The van der Waals surface area contributed by atoms with Crippen molar-refractivity contribution in [1.82, 2.24) is 14.5 Å². The lowest BCUT2D eigenvalue weighted by molar-refractivity contribution is 0.669. The Bertz CT molecular complexity index is 3300. The first-order chi connectivity index (χ1) is 28.3. The Kier molecular flexibility index (Phi) is 6.91. The van der Waals surface area contributed by atoms with E-state index >= 15 is 0 Å². The number of nitrogens with zero attached hydrogens (tertiary/aromatic N) is 3. The van der Waals surface area contributed by atoms with E-state index in [2.05, 4.69) is 193 Å². The van der Waals surface area contributed by atoms with Gasteiger partial charge in [-0.15, -0.1) is 0 Å². The van der Waals surface area contributed by atoms with Gasteiger partial charge < -0.3 is 8.98 Å². The Balaban J connectivity index is 1.10. The third-order valence-electron chi connectivity index (χ3n) is 11.9. The molecule has 0 spiro atoms. The van der Waals surface area contributed by atoms with E-state index in [1.54, 1.807) is 0 Å². The molecule has 0 atom stereocenters. The second kappa shape index (κ2) is 12.3.